The van der Waals surface area contributed by atoms with Crippen molar-refractivity contribution in [2.45, 2.75) is 12.8 Å². The molecule has 5 nitrogen and oxygen atoms in total. The minimum Gasteiger partial charge on any atom is -0.336 e. The lowest BCUT2D eigenvalue weighted by Gasteiger charge is -2.34. The summed E-state index contributed by atoms with van der Waals surface area (Å²) >= 11 is 0. The van der Waals surface area contributed by atoms with Gasteiger partial charge in [0, 0.05) is 38.4 Å². The molecule has 25 heavy (non-hydrogen) atoms. The Labute approximate surface area is 146 Å². The van der Waals surface area contributed by atoms with E-state index in [4.69, 9.17) is 0 Å². The van der Waals surface area contributed by atoms with E-state index >= 15 is 0 Å². The van der Waals surface area contributed by atoms with E-state index in [-0.39, 0.29) is 17.3 Å². The van der Waals surface area contributed by atoms with E-state index < -0.39 is 0 Å². The summed E-state index contributed by atoms with van der Waals surface area (Å²) in [6.07, 6.45) is 3.09. The first kappa shape index (κ1) is 17.4. The zero-order valence-corrected chi connectivity index (χ0v) is 14.1. The van der Waals surface area contributed by atoms with Crippen LogP contribution >= 0.6 is 0 Å². The van der Waals surface area contributed by atoms with Gasteiger partial charge in [0.25, 0.3) is 5.91 Å². The molecule has 0 saturated carbocycles. The molecule has 1 saturated heterocycles. The summed E-state index contributed by atoms with van der Waals surface area (Å²) in [5, 5.41) is 0. The molecule has 1 aliphatic heterocycles. The Morgan fingerprint density at radius 2 is 1.84 bits per heavy atom. The van der Waals surface area contributed by atoms with Gasteiger partial charge in [0.05, 0.1) is 5.56 Å². The van der Waals surface area contributed by atoms with Gasteiger partial charge >= 0.3 is 0 Å². The number of H-pyrrole nitrogens is 1. The van der Waals surface area contributed by atoms with Crippen LogP contribution in [0.5, 0.6) is 0 Å². The van der Waals surface area contributed by atoms with Crippen molar-refractivity contribution >= 4 is 5.91 Å². The lowest BCUT2D eigenvalue weighted by atomic mass is 10.1. The number of nitrogens with one attached hydrogen (secondary N) is 1. The summed E-state index contributed by atoms with van der Waals surface area (Å²) in [4.78, 5) is 30.1. The fourth-order valence-electron chi connectivity index (χ4n) is 3.09. The Hall–Kier alpha value is -2.47. The number of halogens is 1. The summed E-state index contributed by atoms with van der Waals surface area (Å²) < 4.78 is 13.6. The Morgan fingerprint density at radius 3 is 2.52 bits per heavy atom. The molecular weight excluding hydrogens is 321 g/mol. The summed E-state index contributed by atoms with van der Waals surface area (Å²) in [7, 11) is 0. The molecule has 2 aromatic rings. The average Bonchev–Trinajstić information content (AvgIpc) is 2.64. The fraction of sp³-hybridized carbons (Fsp3) is 0.368. The standard InChI is InChI=1S/C19H22FN3O2/c20-17-6-2-1-4-15(17)5-3-9-22-10-12-23(13-11-22)19(25)16-7-8-18(24)21-14-16/h1-2,4,6-8,14H,3,5,9-13H2,(H,21,24). The van der Waals surface area contributed by atoms with Gasteiger partial charge in [0.15, 0.2) is 0 Å². The molecule has 0 spiro atoms. The van der Waals surface area contributed by atoms with Gasteiger partial charge in [0.1, 0.15) is 5.82 Å². The Kier molecular flexibility index (Phi) is 5.60. The summed E-state index contributed by atoms with van der Waals surface area (Å²) in [5.41, 5.74) is 1.05. The van der Waals surface area contributed by atoms with Crippen molar-refractivity contribution in [2.24, 2.45) is 0 Å². The maximum absolute atomic E-state index is 13.6. The molecule has 3 rings (SSSR count). The van der Waals surface area contributed by atoms with Crippen LogP contribution in [0.4, 0.5) is 4.39 Å². The molecule has 1 N–H and O–H groups in total. The number of hydrogen-bond acceptors (Lipinski definition) is 3. The molecule has 0 radical (unpaired) electrons. The van der Waals surface area contributed by atoms with Gasteiger partial charge in [-0.15, -0.1) is 0 Å². The van der Waals surface area contributed by atoms with Gasteiger partial charge < -0.3 is 9.88 Å². The molecule has 6 heteroatoms. The number of rotatable bonds is 5. The highest BCUT2D eigenvalue weighted by Gasteiger charge is 2.21. The average molecular weight is 343 g/mol. The van der Waals surface area contributed by atoms with Crippen molar-refractivity contribution in [2.75, 3.05) is 32.7 Å². The van der Waals surface area contributed by atoms with Crippen LogP contribution in [-0.4, -0.2) is 53.4 Å². The van der Waals surface area contributed by atoms with E-state index in [1.807, 2.05) is 12.1 Å². The highest BCUT2D eigenvalue weighted by Crippen LogP contribution is 2.11. The maximum atomic E-state index is 13.6. The van der Waals surface area contributed by atoms with Crippen molar-refractivity contribution in [3.8, 4) is 0 Å². The monoisotopic (exact) mass is 343 g/mol. The quantitative estimate of drug-likeness (QED) is 0.902. The van der Waals surface area contributed by atoms with E-state index in [1.54, 1.807) is 17.0 Å². The van der Waals surface area contributed by atoms with Crippen LogP contribution in [0.25, 0.3) is 0 Å². The number of carbonyl (C=O) groups excluding carboxylic acids is 1. The normalized spacial score (nSPS) is 15.3. The predicted molar refractivity (Wildman–Crippen MR) is 94.1 cm³/mol. The molecule has 1 aromatic carbocycles. The van der Waals surface area contributed by atoms with Crippen LogP contribution in [0, 0.1) is 5.82 Å². The maximum Gasteiger partial charge on any atom is 0.255 e. The number of piperazine rings is 1. The molecule has 0 unspecified atom stereocenters. The zero-order valence-electron chi connectivity index (χ0n) is 14.1. The number of nitrogens with zero attached hydrogens (tertiary/aromatic N) is 2. The Balaban J connectivity index is 1.44. The molecule has 0 atom stereocenters. The van der Waals surface area contributed by atoms with Crippen molar-refractivity contribution in [3.05, 3.63) is 69.9 Å². The van der Waals surface area contributed by atoms with Crippen LogP contribution in [0.2, 0.25) is 0 Å². The van der Waals surface area contributed by atoms with Crippen LogP contribution in [0.1, 0.15) is 22.3 Å². The lowest BCUT2D eigenvalue weighted by molar-refractivity contribution is 0.0635. The number of pyridine rings is 1. The Morgan fingerprint density at radius 1 is 1.08 bits per heavy atom. The molecule has 1 amide bonds. The van der Waals surface area contributed by atoms with Gasteiger partial charge in [0.2, 0.25) is 5.56 Å². The zero-order chi connectivity index (χ0) is 17.6. The van der Waals surface area contributed by atoms with Gasteiger partial charge in [-0.25, -0.2) is 4.39 Å². The van der Waals surface area contributed by atoms with E-state index in [0.29, 0.717) is 18.7 Å². The van der Waals surface area contributed by atoms with E-state index in [9.17, 15) is 14.0 Å². The van der Waals surface area contributed by atoms with Crippen molar-refractivity contribution in [3.63, 3.8) is 0 Å². The number of hydrogen-bond donors (Lipinski definition) is 1. The van der Waals surface area contributed by atoms with Crippen LogP contribution in [0.3, 0.4) is 0 Å². The minimum absolute atomic E-state index is 0.0535. The van der Waals surface area contributed by atoms with Crippen molar-refractivity contribution in [1.29, 1.82) is 0 Å². The molecule has 1 aliphatic rings. The first-order valence-electron chi connectivity index (χ1n) is 8.57. The summed E-state index contributed by atoms with van der Waals surface area (Å²) in [6.45, 7) is 3.85. The van der Waals surface area contributed by atoms with Gasteiger partial charge in [-0.1, -0.05) is 18.2 Å². The van der Waals surface area contributed by atoms with Crippen molar-refractivity contribution in [1.82, 2.24) is 14.8 Å². The van der Waals surface area contributed by atoms with E-state index in [1.165, 1.54) is 18.3 Å². The van der Waals surface area contributed by atoms with Crippen LogP contribution in [-0.2, 0) is 6.42 Å². The lowest BCUT2D eigenvalue weighted by Crippen LogP contribution is -2.48. The minimum atomic E-state index is -0.212. The number of carbonyl (C=O) groups is 1. The number of amides is 1. The largest absolute Gasteiger partial charge is 0.336 e. The summed E-state index contributed by atoms with van der Waals surface area (Å²) in [5.74, 6) is -0.193. The molecule has 1 aromatic heterocycles. The Bertz CT molecular complexity index is 762. The summed E-state index contributed by atoms with van der Waals surface area (Å²) in [6, 6.07) is 9.82. The molecule has 0 aliphatic carbocycles. The van der Waals surface area contributed by atoms with Gasteiger partial charge in [-0.2, -0.15) is 0 Å². The number of aromatic nitrogens is 1. The third-order valence-corrected chi connectivity index (χ3v) is 4.57. The predicted octanol–water partition coefficient (Wildman–Crippen LogP) is 1.90. The molecular formula is C19H22FN3O2. The van der Waals surface area contributed by atoms with Gasteiger partial charge in [-0.3, -0.25) is 14.5 Å². The van der Waals surface area contributed by atoms with Crippen molar-refractivity contribution < 1.29 is 9.18 Å². The van der Waals surface area contributed by atoms with Crippen LogP contribution < -0.4 is 5.56 Å². The highest BCUT2D eigenvalue weighted by molar-refractivity contribution is 5.93. The number of aryl methyl sites for hydroxylation is 1. The first-order valence-corrected chi connectivity index (χ1v) is 8.57. The van der Waals surface area contributed by atoms with Gasteiger partial charge in [-0.05, 0) is 37.1 Å². The number of benzene rings is 1. The highest BCUT2D eigenvalue weighted by atomic mass is 19.1. The number of aromatic amines is 1. The smallest absolute Gasteiger partial charge is 0.255 e. The second kappa shape index (κ2) is 8.07. The van der Waals surface area contributed by atoms with E-state index in [2.05, 4.69) is 9.88 Å². The molecule has 0 bridgehead atoms. The second-order valence-electron chi connectivity index (χ2n) is 6.27. The second-order valence-corrected chi connectivity index (χ2v) is 6.27. The van der Waals surface area contributed by atoms with Crippen LogP contribution in [0.15, 0.2) is 47.4 Å². The third kappa shape index (κ3) is 4.54. The van der Waals surface area contributed by atoms with E-state index in [0.717, 1.165) is 38.0 Å². The third-order valence-electron chi connectivity index (χ3n) is 4.57. The molecule has 132 valence electrons. The SMILES string of the molecule is O=C(c1ccc(=O)[nH]c1)N1CCN(CCCc2ccccc2F)CC1. The first-order chi connectivity index (χ1) is 12.1. The fourth-order valence-corrected chi connectivity index (χ4v) is 3.09. The molecule has 1 fully saturated rings. The molecule has 2 heterocycles. The topological polar surface area (TPSA) is 56.4 Å².